The van der Waals surface area contributed by atoms with Crippen molar-refractivity contribution in [3.63, 3.8) is 0 Å². The summed E-state index contributed by atoms with van der Waals surface area (Å²) >= 11 is 0. The van der Waals surface area contributed by atoms with Crippen LogP contribution in [0.3, 0.4) is 0 Å². The Bertz CT molecular complexity index is 524. The van der Waals surface area contributed by atoms with Crippen molar-refractivity contribution in [1.29, 1.82) is 0 Å². The Morgan fingerprint density at radius 2 is 2.22 bits per heavy atom. The van der Waals surface area contributed by atoms with Gasteiger partial charge in [-0.1, -0.05) is 13.3 Å². The van der Waals surface area contributed by atoms with Crippen molar-refractivity contribution in [2.75, 3.05) is 6.54 Å². The molecule has 1 amide bonds. The van der Waals surface area contributed by atoms with Gasteiger partial charge in [-0.15, -0.1) is 0 Å². The van der Waals surface area contributed by atoms with Gasteiger partial charge in [-0.25, -0.2) is 13.4 Å². The van der Waals surface area contributed by atoms with Gasteiger partial charge in [-0.2, -0.15) is 0 Å². The number of hydrogen-bond donors (Lipinski definition) is 1. The summed E-state index contributed by atoms with van der Waals surface area (Å²) in [4.78, 5) is 15.4. The lowest BCUT2D eigenvalue weighted by Gasteiger charge is -2.05. The van der Waals surface area contributed by atoms with Crippen LogP contribution in [0.1, 0.15) is 25.6 Å². The molecular weight excluding hydrogens is 278 g/mol. The molecule has 0 bridgehead atoms. The number of hydrogen-bond acceptors (Lipinski definition) is 4. The first kappa shape index (κ1) is 15.0. The predicted molar refractivity (Wildman–Crippen MR) is 67.9 cm³/mol. The molecule has 0 unspecified atom stereocenters. The van der Waals surface area contributed by atoms with E-state index >= 15 is 0 Å². The Labute approximate surface area is 111 Å². The summed E-state index contributed by atoms with van der Waals surface area (Å²) in [7, 11) is 1.33. The van der Waals surface area contributed by atoms with Gasteiger partial charge in [0.25, 0.3) is 9.05 Å². The van der Waals surface area contributed by atoms with Gasteiger partial charge in [0, 0.05) is 23.4 Å². The second kappa shape index (κ2) is 6.19. The summed E-state index contributed by atoms with van der Waals surface area (Å²) in [5.41, 5.74) is 0. The third kappa shape index (κ3) is 4.30. The van der Waals surface area contributed by atoms with E-state index < -0.39 is 9.05 Å². The maximum Gasteiger partial charge on any atom is 0.280 e. The largest absolute Gasteiger partial charge is 0.355 e. The van der Waals surface area contributed by atoms with Crippen molar-refractivity contribution in [3.05, 3.63) is 12.0 Å². The second-order valence-corrected chi connectivity index (χ2v) is 6.41. The normalized spacial score (nSPS) is 11.5. The third-order valence-electron chi connectivity index (χ3n) is 2.37. The van der Waals surface area contributed by atoms with Crippen molar-refractivity contribution in [2.24, 2.45) is 0 Å². The molecule has 0 saturated heterocycles. The van der Waals surface area contributed by atoms with Crippen LogP contribution >= 0.6 is 10.7 Å². The maximum atomic E-state index is 11.6. The number of imidazole rings is 1. The third-order valence-corrected chi connectivity index (χ3v) is 3.54. The maximum absolute atomic E-state index is 11.6. The monoisotopic (exact) mass is 293 g/mol. The van der Waals surface area contributed by atoms with Crippen molar-refractivity contribution >= 4 is 25.6 Å². The van der Waals surface area contributed by atoms with E-state index in [0.717, 1.165) is 12.8 Å². The molecule has 1 aromatic rings. The van der Waals surface area contributed by atoms with E-state index in [0.29, 0.717) is 12.4 Å². The summed E-state index contributed by atoms with van der Waals surface area (Å²) in [5, 5.41) is 2.50. The number of nitrogens with zero attached hydrogens (tertiary/aromatic N) is 2. The standard InChI is InChI=1S/C10H16ClN3O3S/c1-3-4-5-12-9(15)6-14-7-10(13-8(14)2)18(11,16)17/h7H,3-6H2,1-2H3,(H,12,15). The Hall–Kier alpha value is -1.08. The highest BCUT2D eigenvalue weighted by molar-refractivity contribution is 8.13. The lowest BCUT2D eigenvalue weighted by Crippen LogP contribution is -2.28. The highest BCUT2D eigenvalue weighted by Gasteiger charge is 2.16. The van der Waals surface area contributed by atoms with Crippen molar-refractivity contribution < 1.29 is 13.2 Å². The Kier molecular flexibility index (Phi) is 5.15. The average Bonchev–Trinajstić information content (AvgIpc) is 2.60. The molecule has 18 heavy (non-hydrogen) atoms. The van der Waals surface area contributed by atoms with Crippen molar-refractivity contribution in [2.45, 2.75) is 38.3 Å². The van der Waals surface area contributed by atoms with Crippen LogP contribution in [0.5, 0.6) is 0 Å². The van der Waals surface area contributed by atoms with E-state index in [9.17, 15) is 13.2 Å². The molecule has 0 spiro atoms. The molecule has 1 rings (SSSR count). The zero-order chi connectivity index (χ0) is 13.8. The van der Waals surface area contributed by atoms with Crippen LogP contribution < -0.4 is 5.32 Å². The van der Waals surface area contributed by atoms with E-state index in [4.69, 9.17) is 10.7 Å². The van der Waals surface area contributed by atoms with E-state index in [1.807, 2.05) is 6.92 Å². The van der Waals surface area contributed by atoms with E-state index in [-0.39, 0.29) is 17.5 Å². The van der Waals surface area contributed by atoms with Gasteiger partial charge >= 0.3 is 0 Å². The minimum Gasteiger partial charge on any atom is -0.355 e. The lowest BCUT2D eigenvalue weighted by molar-refractivity contribution is -0.121. The molecule has 6 nitrogen and oxygen atoms in total. The molecule has 0 fully saturated rings. The number of unbranched alkanes of at least 4 members (excludes halogenated alkanes) is 1. The number of nitrogens with one attached hydrogen (secondary N) is 1. The second-order valence-electron chi connectivity index (χ2n) is 3.90. The summed E-state index contributed by atoms with van der Waals surface area (Å²) in [5.74, 6) is 0.252. The number of aryl methyl sites for hydroxylation is 1. The molecule has 1 aromatic heterocycles. The Morgan fingerprint density at radius 1 is 1.56 bits per heavy atom. The van der Waals surface area contributed by atoms with Crippen molar-refractivity contribution in [3.8, 4) is 0 Å². The van der Waals surface area contributed by atoms with Gasteiger partial charge in [0.1, 0.15) is 12.4 Å². The molecule has 0 aromatic carbocycles. The van der Waals surface area contributed by atoms with Crippen molar-refractivity contribution in [1.82, 2.24) is 14.9 Å². The minimum atomic E-state index is -3.85. The number of carbonyl (C=O) groups excluding carboxylic acids is 1. The van der Waals surface area contributed by atoms with Crippen LogP contribution in [-0.2, 0) is 20.4 Å². The number of amides is 1. The van der Waals surface area contributed by atoms with Crippen LogP contribution in [0.15, 0.2) is 11.2 Å². The quantitative estimate of drug-likeness (QED) is 0.627. The molecule has 0 aliphatic heterocycles. The van der Waals surface area contributed by atoms with Crippen LogP contribution in [0.2, 0.25) is 0 Å². The smallest absolute Gasteiger partial charge is 0.280 e. The SMILES string of the molecule is CCCCNC(=O)Cn1cc(S(=O)(=O)Cl)nc1C. The molecule has 102 valence electrons. The summed E-state index contributed by atoms with van der Waals surface area (Å²) in [6, 6.07) is 0. The predicted octanol–water partition coefficient (Wildman–Crippen LogP) is 1.04. The fourth-order valence-electron chi connectivity index (χ4n) is 1.37. The molecule has 1 N–H and O–H groups in total. The average molecular weight is 294 g/mol. The fourth-order valence-corrected chi connectivity index (χ4v) is 2.09. The molecule has 0 aliphatic rings. The Morgan fingerprint density at radius 3 is 2.72 bits per heavy atom. The number of aromatic nitrogens is 2. The zero-order valence-electron chi connectivity index (χ0n) is 10.3. The molecule has 1 heterocycles. The molecule has 0 aliphatic carbocycles. The first-order chi connectivity index (χ1) is 8.34. The van der Waals surface area contributed by atoms with Gasteiger partial charge in [-0.3, -0.25) is 4.79 Å². The Balaban J connectivity index is 2.68. The number of halogens is 1. The van der Waals surface area contributed by atoms with Gasteiger partial charge < -0.3 is 9.88 Å². The number of carbonyl (C=O) groups is 1. The fraction of sp³-hybridized carbons (Fsp3) is 0.600. The minimum absolute atomic E-state index is 0.0367. The first-order valence-electron chi connectivity index (χ1n) is 5.59. The van der Waals surface area contributed by atoms with E-state index in [1.165, 1.54) is 10.8 Å². The molecule has 0 radical (unpaired) electrons. The highest BCUT2D eigenvalue weighted by Crippen LogP contribution is 2.13. The van der Waals surface area contributed by atoms with Gasteiger partial charge in [0.05, 0.1) is 0 Å². The topological polar surface area (TPSA) is 81.1 Å². The van der Waals surface area contributed by atoms with Gasteiger partial charge in [0.2, 0.25) is 5.91 Å². The van der Waals surface area contributed by atoms with Gasteiger partial charge in [-0.05, 0) is 13.3 Å². The van der Waals surface area contributed by atoms with Crippen LogP contribution in [0, 0.1) is 6.92 Å². The first-order valence-corrected chi connectivity index (χ1v) is 7.90. The van der Waals surface area contributed by atoms with Crippen LogP contribution in [0.4, 0.5) is 0 Å². The molecule has 0 saturated carbocycles. The van der Waals surface area contributed by atoms with Gasteiger partial charge in [0.15, 0.2) is 5.03 Å². The summed E-state index contributed by atoms with van der Waals surface area (Å²) in [6.07, 6.45) is 3.17. The number of rotatable bonds is 6. The highest BCUT2D eigenvalue weighted by atomic mass is 35.7. The zero-order valence-corrected chi connectivity index (χ0v) is 11.9. The van der Waals surface area contributed by atoms with Crippen LogP contribution in [0.25, 0.3) is 0 Å². The van der Waals surface area contributed by atoms with E-state index in [2.05, 4.69) is 10.3 Å². The summed E-state index contributed by atoms with van der Waals surface area (Å²) < 4.78 is 23.6. The summed E-state index contributed by atoms with van der Waals surface area (Å²) in [6.45, 7) is 4.30. The molecule has 0 atom stereocenters. The molecular formula is C10H16ClN3O3S. The van der Waals surface area contributed by atoms with E-state index in [1.54, 1.807) is 6.92 Å². The molecule has 8 heteroatoms. The van der Waals surface area contributed by atoms with Crippen LogP contribution in [-0.4, -0.2) is 30.4 Å². The lowest BCUT2D eigenvalue weighted by atomic mass is 10.3.